The molecular formula is C12H17O2S. The van der Waals surface area contributed by atoms with Crippen molar-refractivity contribution in [2.45, 2.75) is 23.8 Å². The zero-order chi connectivity index (χ0) is 11.1. The van der Waals surface area contributed by atoms with Crippen LogP contribution in [0.5, 0.6) is 5.75 Å². The van der Waals surface area contributed by atoms with Gasteiger partial charge in [-0.15, -0.1) is 11.8 Å². The lowest BCUT2D eigenvalue weighted by molar-refractivity contribution is 0.141. The molecule has 0 aliphatic carbocycles. The van der Waals surface area contributed by atoms with Crippen LogP contribution >= 0.6 is 11.8 Å². The molecule has 0 unspecified atom stereocenters. The van der Waals surface area contributed by atoms with E-state index in [0.29, 0.717) is 19.4 Å². The van der Waals surface area contributed by atoms with Crippen LogP contribution < -0.4 is 4.74 Å². The first-order valence-electron chi connectivity index (χ1n) is 5.00. The lowest BCUT2D eigenvalue weighted by atomic mass is 10.2. The van der Waals surface area contributed by atoms with Gasteiger partial charge in [0.15, 0.2) is 0 Å². The fourth-order valence-electron chi connectivity index (χ4n) is 1.13. The van der Waals surface area contributed by atoms with E-state index in [1.54, 1.807) is 11.8 Å². The van der Waals surface area contributed by atoms with E-state index < -0.39 is 0 Å². The quantitative estimate of drug-likeness (QED) is 0.755. The summed E-state index contributed by atoms with van der Waals surface area (Å²) in [6.45, 7) is 4.16. The van der Waals surface area contributed by atoms with Gasteiger partial charge in [0.25, 0.3) is 0 Å². The van der Waals surface area contributed by atoms with Gasteiger partial charge in [0.2, 0.25) is 0 Å². The van der Waals surface area contributed by atoms with Gasteiger partial charge in [-0.3, -0.25) is 0 Å². The molecule has 0 aliphatic heterocycles. The number of aliphatic hydroxyl groups excluding tert-OH is 1. The molecule has 83 valence electrons. The predicted octanol–water partition coefficient (Wildman–Crippen LogP) is 2.76. The van der Waals surface area contributed by atoms with Crippen LogP contribution in [0.25, 0.3) is 0 Å². The molecular weight excluding hydrogens is 208 g/mol. The summed E-state index contributed by atoms with van der Waals surface area (Å²) in [6, 6.07) is 7.94. The van der Waals surface area contributed by atoms with Crippen LogP contribution in [0.1, 0.15) is 12.8 Å². The summed E-state index contributed by atoms with van der Waals surface area (Å²) in [4.78, 5) is 1.22. The van der Waals surface area contributed by atoms with E-state index in [1.165, 1.54) is 4.90 Å². The minimum atomic E-state index is -0.351. The van der Waals surface area contributed by atoms with Crippen LogP contribution in [0.4, 0.5) is 0 Å². The van der Waals surface area contributed by atoms with Crippen LogP contribution in [-0.2, 0) is 0 Å². The highest BCUT2D eigenvalue weighted by Crippen LogP contribution is 2.19. The van der Waals surface area contributed by atoms with Crippen molar-refractivity contribution in [3.05, 3.63) is 31.2 Å². The molecule has 0 aromatic heterocycles. The summed E-state index contributed by atoms with van der Waals surface area (Å²) < 4.78 is 5.48. The Labute approximate surface area is 95.7 Å². The van der Waals surface area contributed by atoms with Crippen molar-refractivity contribution in [2.24, 2.45) is 0 Å². The smallest absolute Gasteiger partial charge is 0.119 e. The Bertz CT molecular complexity index is 271. The first-order valence-corrected chi connectivity index (χ1v) is 6.23. The van der Waals surface area contributed by atoms with Gasteiger partial charge in [-0.25, -0.2) is 0 Å². The standard InChI is InChI=1S/C12H17O2S/c1-3-10(13)8-9-14-11-4-6-12(15-2)7-5-11/h4-7,10,13H,1,3,8-9H2,2H3/t10-/m1/s1. The van der Waals surface area contributed by atoms with Crippen LogP contribution in [0.15, 0.2) is 29.2 Å². The molecule has 15 heavy (non-hydrogen) atoms. The first-order chi connectivity index (χ1) is 7.26. The van der Waals surface area contributed by atoms with Gasteiger partial charge in [0.1, 0.15) is 5.75 Å². The zero-order valence-electron chi connectivity index (χ0n) is 8.98. The van der Waals surface area contributed by atoms with Crippen LogP contribution in [0.3, 0.4) is 0 Å². The van der Waals surface area contributed by atoms with E-state index >= 15 is 0 Å². The molecule has 0 amide bonds. The van der Waals surface area contributed by atoms with Crippen molar-refractivity contribution in [3.8, 4) is 5.75 Å². The summed E-state index contributed by atoms with van der Waals surface area (Å²) in [6.07, 6.45) is 2.86. The van der Waals surface area contributed by atoms with Crippen LogP contribution in [-0.4, -0.2) is 24.1 Å². The summed E-state index contributed by atoms with van der Waals surface area (Å²) in [5.41, 5.74) is 0. The van der Waals surface area contributed by atoms with E-state index in [0.717, 1.165) is 5.75 Å². The lowest BCUT2D eigenvalue weighted by Gasteiger charge is -2.09. The minimum Gasteiger partial charge on any atom is -0.493 e. The maximum atomic E-state index is 9.27. The SMILES string of the molecule is [CH2]C[C@@H](O)CCOc1ccc(SC)cc1. The molecule has 2 nitrogen and oxygen atoms in total. The number of aliphatic hydroxyl groups is 1. The van der Waals surface area contributed by atoms with Gasteiger partial charge in [0, 0.05) is 11.3 Å². The molecule has 0 fully saturated rings. The predicted molar refractivity (Wildman–Crippen MR) is 64.3 cm³/mol. The van der Waals surface area contributed by atoms with Crippen LogP contribution in [0, 0.1) is 6.92 Å². The van der Waals surface area contributed by atoms with E-state index in [4.69, 9.17) is 4.74 Å². The maximum Gasteiger partial charge on any atom is 0.119 e. The van der Waals surface area contributed by atoms with Gasteiger partial charge in [-0.05, 0) is 36.9 Å². The van der Waals surface area contributed by atoms with Crippen LogP contribution in [0.2, 0.25) is 0 Å². The van der Waals surface area contributed by atoms with Crippen molar-refractivity contribution in [1.82, 2.24) is 0 Å². The summed E-state index contributed by atoms with van der Waals surface area (Å²) in [5, 5.41) is 9.27. The monoisotopic (exact) mass is 225 g/mol. The van der Waals surface area contributed by atoms with Crippen molar-refractivity contribution in [1.29, 1.82) is 0 Å². The maximum absolute atomic E-state index is 9.27. The summed E-state index contributed by atoms with van der Waals surface area (Å²) in [5.74, 6) is 0.851. The molecule has 0 saturated carbocycles. The van der Waals surface area contributed by atoms with Crippen molar-refractivity contribution >= 4 is 11.8 Å². The molecule has 1 radical (unpaired) electrons. The zero-order valence-corrected chi connectivity index (χ0v) is 9.80. The fourth-order valence-corrected chi connectivity index (χ4v) is 1.54. The first kappa shape index (κ1) is 12.4. The molecule has 1 aromatic carbocycles. The third kappa shape index (κ3) is 4.58. The molecule has 1 N–H and O–H groups in total. The average molecular weight is 225 g/mol. The van der Waals surface area contributed by atoms with Gasteiger partial charge < -0.3 is 9.84 Å². The van der Waals surface area contributed by atoms with E-state index in [1.807, 2.05) is 30.5 Å². The highest BCUT2D eigenvalue weighted by Gasteiger charge is 2.00. The lowest BCUT2D eigenvalue weighted by Crippen LogP contribution is -2.10. The highest BCUT2D eigenvalue weighted by molar-refractivity contribution is 7.98. The Balaban J connectivity index is 2.31. The van der Waals surface area contributed by atoms with Gasteiger partial charge in [0.05, 0.1) is 12.7 Å². The van der Waals surface area contributed by atoms with Crippen molar-refractivity contribution < 1.29 is 9.84 Å². The molecule has 0 bridgehead atoms. The number of rotatable bonds is 6. The number of benzene rings is 1. The van der Waals surface area contributed by atoms with E-state index in [-0.39, 0.29) is 6.10 Å². The largest absolute Gasteiger partial charge is 0.493 e. The van der Waals surface area contributed by atoms with Gasteiger partial charge >= 0.3 is 0 Å². The second-order valence-corrected chi connectivity index (χ2v) is 4.13. The number of hydrogen-bond donors (Lipinski definition) is 1. The molecule has 1 aromatic rings. The molecule has 0 heterocycles. The van der Waals surface area contributed by atoms with E-state index in [2.05, 4.69) is 6.92 Å². The normalized spacial score (nSPS) is 12.5. The number of ether oxygens (including phenoxy) is 1. The topological polar surface area (TPSA) is 29.5 Å². The third-order valence-corrected chi connectivity index (χ3v) is 2.86. The highest BCUT2D eigenvalue weighted by atomic mass is 32.2. The second-order valence-electron chi connectivity index (χ2n) is 3.26. The number of thioether (sulfide) groups is 1. The Hall–Kier alpha value is -0.670. The summed E-state index contributed by atoms with van der Waals surface area (Å²) in [7, 11) is 0. The Morgan fingerprint density at radius 1 is 1.40 bits per heavy atom. The molecule has 1 rings (SSSR count). The second kappa shape index (κ2) is 6.75. The fraction of sp³-hybridized carbons (Fsp3) is 0.417. The minimum absolute atomic E-state index is 0.351. The average Bonchev–Trinajstić information content (AvgIpc) is 2.29. The van der Waals surface area contributed by atoms with E-state index in [9.17, 15) is 5.11 Å². The molecule has 0 saturated heterocycles. The van der Waals surface area contributed by atoms with Crippen molar-refractivity contribution in [3.63, 3.8) is 0 Å². The third-order valence-electron chi connectivity index (χ3n) is 2.11. The number of hydrogen-bond acceptors (Lipinski definition) is 3. The Morgan fingerprint density at radius 2 is 2.07 bits per heavy atom. The molecule has 3 heteroatoms. The van der Waals surface area contributed by atoms with Crippen molar-refractivity contribution in [2.75, 3.05) is 12.9 Å². The van der Waals surface area contributed by atoms with Gasteiger partial charge in [-0.1, -0.05) is 6.92 Å². The molecule has 1 atom stereocenters. The molecule has 0 spiro atoms. The Kier molecular flexibility index (Phi) is 5.58. The summed E-state index contributed by atoms with van der Waals surface area (Å²) >= 11 is 1.71. The Morgan fingerprint density at radius 3 is 2.60 bits per heavy atom. The molecule has 0 aliphatic rings. The van der Waals surface area contributed by atoms with Gasteiger partial charge in [-0.2, -0.15) is 0 Å².